The van der Waals surface area contributed by atoms with Crippen LogP contribution in [0, 0.1) is 13.8 Å². The molecule has 3 aromatic rings. The fourth-order valence-electron chi connectivity index (χ4n) is 2.56. The van der Waals surface area contributed by atoms with Crippen LogP contribution in [0.1, 0.15) is 28.5 Å². The Bertz CT molecular complexity index is 826. The third-order valence-corrected chi connectivity index (χ3v) is 3.91. The van der Waals surface area contributed by atoms with Gasteiger partial charge >= 0.3 is 0 Å². The predicted octanol–water partition coefficient (Wildman–Crippen LogP) is 3.76. The van der Waals surface area contributed by atoms with E-state index in [1.165, 1.54) is 5.56 Å². The lowest BCUT2D eigenvalue weighted by molar-refractivity contribution is -0.118. The Morgan fingerprint density at radius 2 is 1.80 bits per heavy atom. The normalized spacial score (nSPS) is 11.9. The third kappa shape index (κ3) is 4.55. The van der Waals surface area contributed by atoms with Crippen molar-refractivity contribution in [2.45, 2.75) is 26.4 Å². The van der Waals surface area contributed by atoms with Crippen molar-refractivity contribution in [2.75, 3.05) is 5.32 Å². The summed E-state index contributed by atoms with van der Waals surface area (Å²) in [5, 5.41) is 9.95. The van der Waals surface area contributed by atoms with E-state index < -0.39 is 6.04 Å². The van der Waals surface area contributed by atoms with Gasteiger partial charge in [-0.05, 0) is 25.0 Å². The number of amides is 1. The molecule has 0 aliphatic heterocycles. The summed E-state index contributed by atoms with van der Waals surface area (Å²) in [6, 6.07) is 19.1. The number of rotatable bonds is 6. The molecule has 0 radical (unpaired) electrons. The summed E-state index contributed by atoms with van der Waals surface area (Å²) in [5.74, 6) is 0.895. The highest BCUT2D eigenvalue weighted by Gasteiger charge is 2.21. The molecule has 0 saturated heterocycles. The van der Waals surface area contributed by atoms with Crippen LogP contribution in [0.5, 0.6) is 0 Å². The van der Waals surface area contributed by atoms with Crippen molar-refractivity contribution in [3.05, 3.63) is 83.1 Å². The van der Waals surface area contributed by atoms with Gasteiger partial charge in [-0.3, -0.25) is 10.1 Å². The second-order valence-corrected chi connectivity index (χ2v) is 6.02. The number of hydrogen-bond acceptors (Lipinski definition) is 4. The van der Waals surface area contributed by atoms with E-state index in [9.17, 15) is 4.79 Å². The van der Waals surface area contributed by atoms with E-state index in [2.05, 4.69) is 47.0 Å². The molecule has 0 unspecified atom stereocenters. The summed E-state index contributed by atoms with van der Waals surface area (Å²) in [7, 11) is 0. The van der Waals surface area contributed by atoms with Crippen molar-refractivity contribution in [3.8, 4) is 0 Å². The lowest BCUT2D eigenvalue weighted by Gasteiger charge is -2.18. The smallest absolute Gasteiger partial charge is 0.247 e. The fraction of sp³-hybridized carbons (Fsp3) is 0.200. The first-order valence-electron chi connectivity index (χ1n) is 8.20. The van der Waals surface area contributed by atoms with Crippen molar-refractivity contribution >= 4 is 11.7 Å². The first-order valence-corrected chi connectivity index (χ1v) is 8.20. The average molecular weight is 335 g/mol. The Balaban J connectivity index is 1.75. The van der Waals surface area contributed by atoms with Crippen molar-refractivity contribution in [1.29, 1.82) is 0 Å². The molecule has 2 aromatic carbocycles. The first kappa shape index (κ1) is 16.9. The maximum Gasteiger partial charge on any atom is 0.247 e. The highest BCUT2D eigenvalue weighted by molar-refractivity contribution is 5.94. The zero-order valence-corrected chi connectivity index (χ0v) is 14.3. The summed E-state index contributed by atoms with van der Waals surface area (Å²) in [4.78, 5) is 12.7. The van der Waals surface area contributed by atoms with Gasteiger partial charge in [0, 0.05) is 12.6 Å². The number of aryl methyl sites for hydroxylation is 2. The maximum atomic E-state index is 12.7. The molecule has 1 amide bonds. The highest BCUT2D eigenvalue weighted by atomic mass is 16.5. The summed E-state index contributed by atoms with van der Waals surface area (Å²) in [5.41, 5.74) is 3.23. The topological polar surface area (TPSA) is 67.2 Å². The molecule has 2 N–H and O–H groups in total. The Hall–Kier alpha value is -2.92. The Kier molecular flexibility index (Phi) is 5.26. The molecule has 3 rings (SSSR count). The molecule has 0 fully saturated rings. The summed E-state index contributed by atoms with van der Waals surface area (Å²) in [6.45, 7) is 4.43. The molecule has 128 valence electrons. The first-order chi connectivity index (χ1) is 12.1. The standard InChI is InChI=1S/C20H21N3O2/c1-14-8-10-16(11-9-14)13-21-19(17-6-4-3-5-7-17)20(24)22-18-12-15(2)25-23-18/h3-12,19,21H,13H2,1-2H3,(H,22,23,24)/t19-/m1/s1. The molecule has 25 heavy (non-hydrogen) atoms. The average Bonchev–Trinajstić information content (AvgIpc) is 3.02. The molecule has 5 heteroatoms. The number of benzene rings is 2. The van der Waals surface area contributed by atoms with Gasteiger partial charge in [-0.2, -0.15) is 0 Å². The van der Waals surface area contributed by atoms with Gasteiger partial charge in [-0.25, -0.2) is 0 Å². The minimum absolute atomic E-state index is 0.174. The minimum Gasteiger partial charge on any atom is -0.360 e. The number of nitrogens with one attached hydrogen (secondary N) is 2. The zero-order valence-electron chi connectivity index (χ0n) is 14.3. The van der Waals surface area contributed by atoms with Crippen LogP contribution in [0.2, 0.25) is 0 Å². The lowest BCUT2D eigenvalue weighted by Crippen LogP contribution is -2.32. The quantitative estimate of drug-likeness (QED) is 0.720. The van der Waals surface area contributed by atoms with Gasteiger partial charge in [0.25, 0.3) is 0 Å². The van der Waals surface area contributed by atoms with Crippen LogP contribution in [0.25, 0.3) is 0 Å². The zero-order chi connectivity index (χ0) is 17.6. The largest absolute Gasteiger partial charge is 0.360 e. The minimum atomic E-state index is -0.487. The Morgan fingerprint density at radius 3 is 2.44 bits per heavy atom. The number of carbonyl (C=O) groups excluding carboxylic acids is 1. The molecule has 0 saturated carbocycles. The molecule has 0 aliphatic rings. The van der Waals surface area contributed by atoms with E-state index in [0.29, 0.717) is 18.1 Å². The number of hydrogen-bond donors (Lipinski definition) is 2. The van der Waals surface area contributed by atoms with Crippen LogP contribution < -0.4 is 10.6 Å². The van der Waals surface area contributed by atoms with Crippen molar-refractivity contribution in [1.82, 2.24) is 10.5 Å². The van der Waals surface area contributed by atoms with Gasteiger partial charge in [0.15, 0.2) is 5.82 Å². The molecule has 1 atom stereocenters. The molecular weight excluding hydrogens is 314 g/mol. The maximum absolute atomic E-state index is 12.7. The second kappa shape index (κ2) is 7.77. The van der Waals surface area contributed by atoms with Crippen LogP contribution in [-0.2, 0) is 11.3 Å². The molecule has 1 heterocycles. The van der Waals surface area contributed by atoms with Gasteiger partial charge in [-0.1, -0.05) is 65.3 Å². The van der Waals surface area contributed by atoms with E-state index in [0.717, 1.165) is 11.1 Å². The number of carbonyl (C=O) groups is 1. The molecule has 1 aromatic heterocycles. The van der Waals surface area contributed by atoms with E-state index in [-0.39, 0.29) is 5.91 Å². The molecule has 0 bridgehead atoms. The Morgan fingerprint density at radius 1 is 1.08 bits per heavy atom. The number of anilines is 1. The Labute approximate surface area is 147 Å². The monoisotopic (exact) mass is 335 g/mol. The molecule has 5 nitrogen and oxygen atoms in total. The van der Waals surface area contributed by atoms with Crippen LogP contribution in [-0.4, -0.2) is 11.1 Å². The fourth-order valence-corrected chi connectivity index (χ4v) is 2.56. The van der Waals surface area contributed by atoms with Crippen molar-refractivity contribution < 1.29 is 9.32 Å². The van der Waals surface area contributed by atoms with E-state index in [1.807, 2.05) is 30.3 Å². The summed E-state index contributed by atoms with van der Waals surface area (Å²) < 4.78 is 5.01. The van der Waals surface area contributed by atoms with Crippen molar-refractivity contribution in [3.63, 3.8) is 0 Å². The predicted molar refractivity (Wildman–Crippen MR) is 97.1 cm³/mol. The van der Waals surface area contributed by atoms with Gasteiger partial charge in [0.1, 0.15) is 11.8 Å². The van der Waals surface area contributed by atoms with Gasteiger partial charge < -0.3 is 9.84 Å². The van der Waals surface area contributed by atoms with Gasteiger partial charge in [0.2, 0.25) is 5.91 Å². The third-order valence-electron chi connectivity index (χ3n) is 3.91. The number of aromatic nitrogens is 1. The molecular formula is C20H21N3O2. The van der Waals surface area contributed by atoms with E-state index >= 15 is 0 Å². The molecule has 0 spiro atoms. The number of nitrogens with zero attached hydrogens (tertiary/aromatic N) is 1. The van der Waals surface area contributed by atoms with Crippen LogP contribution in [0.3, 0.4) is 0 Å². The van der Waals surface area contributed by atoms with Crippen molar-refractivity contribution in [2.24, 2.45) is 0 Å². The van der Waals surface area contributed by atoms with Crippen LogP contribution in [0.4, 0.5) is 5.82 Å². The van der Waals surface area contributed by atoms with Gasteiger partial charge in [0.05, 0.1) is 0 Å². The van der Waals surface area contributed by atoms with Crippen LogP contribution in [0.15, 0.2) is 65.2 Å². The van der Waals surface area contributed by atoms with E-state index in [1.54, 1.807) is 13.0 Å². The summed E-state index contributed by atoms with van der Waals surface area (Å²) in [6.07, 6.45) is 0. The van der Waals surface area contributed by atoms with Gasteiger partial charge in [-0.15, -0.1) is 0 Å². The summed E-state index contributed by atoms with van der Waals surface area (Å²) >= 11 is 0. The SMILES string of the molecule is Cc1ccc(CN[C@@H](C(=O)Nc2cc(C)on2)c2ccccc2)cc1. The molecule has 0 aliphatic carbocycles. The van der Waals surface area contributed by atoms with Crippen LogP contribution >= 0.6 is 0 Å². The second-order valence-electron chi connectivity index (χ2n) is 6.02. The van der Waals surface area contributed by atoms with E-state index in [4.69, 9.17) is 4.52 Å². The highest BCUT2D eigenvalue weighted by Crippen LogP contribution is 2.17. The lowest BCUT2D eigenvalue weighted by atomic mass is 10.1.